The van der Waals surface area contributed by atoms with E-state index in [1.165, 1.54) is 0 Å². The summed E-state index contributed by atoms with van der Waals surface area (Å²) in [6.45, 7) is 6.47. The molecular formula is C13H20N2O2S. The van der Waals surface area contributed by atoms with Gasteiger partial charge >= 0.3 is 0 Å². The molecule has 1 atom stereocenters. The molecule has 0 N–H and O–H groups in total. The number of hydrogen-bond donors (Lipinski definition) is 0. The lowest BCUT2D eigenvalue weighted by Crippen LogP contribution is -2.17. The monoisotopic (exact) mass is 268 g/mol. The standard InChI is InChI=1S/C13H20N2O2S/c1-13(2,3)18-8-11-14-12(17-15-11)9-6-4-5-7-10(9)16/h9H,4-8H2,1-3H3. The van der Waals surface area contributed by atoms with Gasteiger partial charge in [0, 0.05) is 11.2 Å². The molecule has 2 rings (SSSR count). The Kier molecular flexibility index (Phi) is 4.10. The highest BCUT2D eigenvalue weighted by Crippen LogP contribution is 2.30. The smallest absolute Gasteiger partial charge is 0.237 e. The van der Waals surface area contributed by atoms with Gasteiger partial charge in [-0.2, -0.15) is 4.98 Å². The van der Waals surface area contributed by atoms with Crippen LogP contribution in [0, 0.1) is 0 Å². The lowest BCUT2D eigenvalue weighted by Gasteiger charge is -2.16. The highest BCUT2D eigenvalue weighted by molar-refractivity contribution is 7.99. The number of nitrogens with zero attached hydrogens (tertiary/aromatic N) is 2. The molecule has 18 heavy (non-hydrogen) atoms. The second kappa shape index (κ2) is 5.43. The van der Waals surface area contributed by atoms with Crippen molar-refractivity contribution in [2.45, 2.75) is 62.9 Å². The van der Waals surface area contributed by atoms with E-state index in [0.717, 1.165) is 25.0 Å². The molecule has 0 radical (unpaired) electrons. The zero-order valence-electron chi connectivity index (χ0n) is 11.2. The number of carbonyl (C=O) groups excluding carboxylic acids is 1. The Morgan fingerprint density at radius 3 is 2.83 bits per heavy atom. The summed E-state index contributed by atoms with van der Waals surface area (Å²) in [5.74, 6) is 2.04. The van der Waals surface area contributed by atoms with Crippen molar-refractivity contribution in [2.24, 2.45) is 0 Å². The molecule has 5 heteroatoms. The zero-order valence-corrected chi connectivity index (χ0v) is 12.0. The van der Waals surface area contributed by atoms with Crippen molar-refractivity contribution in [3.63, 3.8) is 0 Å². The van der Waals surface area contributed by atoms with Crippen molar-refractivity contribution >= 4 is 17.5 Å². The van der Waals surface area contributed by atoms with Crippen molar-refractivity contribution in [3.8, 4) is 0 Å². The lowest BCUT2D eigenvalue weighted by molar-refractivity contribution is -0.122. The first kappa shape index (κ1) is 13.6. The normalized spacial score (nSPS) is 21.3. The van der Waals surface area contributed by atoms with Crippen molar-refractivity contribution in [3.05, 3.63) is 11.7 Å². The van der Waals surface area contributed by atoms with Gasteiger partial charge in [0.15, 0.2) is 5.82 Å². The van der Waals surface area contributed by atoms with Crippen LogP contribution in [0.15, 0.2) is 4.52 Å². The molecule has 1 saturated carbocycles. The summed E-state index contributed by atoms with van der Waals surface area (Å²) < 4.78 is 5.43. The molecule has 0 spiro atoms. The maximum Gasteiger partial charge on any atom is 0.237 e. The number of ketones is 1. The number of Topliss-reactive ketones (excluding diaryl/α,β-unsaturated/α-hetero) is 1. The van der Waals surface area contributed by atoms with Crippen LogP contribution in [0.5, 0.6) is 0 Å². The van der Waals surface area contributed by atoms with Gasteiger partial charge in [-0.25, -0.2) is 0 Å². The first-order valence-corrected chi connectivity index (χ1v) is 7.43. The Morgan fingerprint density at radius 1 is 1.39 bits per heavy atom. The van der Waals surface area contributed by atoms with Crippen LogP contribution in [0.4, 0.5) is 0 Å². The quantitative estimate of drug-likeness (QED) is 0.841. The SMILES string of the molecule is CC(C)(C)SCc1noc(C2CCCCC2=O)n1. The first-order chi connectivity index (χ1) is 8.46. The number of carbonyl (C=O) groups is 1. The van der Waals surface area contributed by atoms with Gasteiger partial charge in [-0.3, -0.25) is 4.79 Å². The van der Waals surface area contributed by atoms with Gasteiger partial charge in [0.05, 0.1) is 11.7 Å². The summed E-state index contributed by atoms with van der Waals surface area (Å²) in [7, 11) is 0. The molecule has 0 aromatic carbocycles. The number of thioether (sulfide) groups is 1. The minimum absolute atomic E-state index is 0.153. The van der Waals surface area contributed by atoms with Gasteiger partial charge in [0.25, 0.3) is 0 Å². The summed E-state index contributed by atoms with van der Waals surface area (Å²) >= 11 is 1.78. The van der Waals surface area contributed by atoms with E-state index in [9.17, 15) is 4.79 Å². The largest absolute Gasteiger partial charge is 0.339 e. The van der Waals surface area contributed by atoms with E-state index < -0.39 is 0 Å². The average molecular weight is 268 g/mol. The van der Waals surface area contributed by atoms with Crippen molar-refractivity contribution in [1.29, 1.82) is 0 Å². The van der Waals surface area contributed by atoms with E-state index in [1.807, 2.05) is 0 Å². The summed E-state index contributed by atoms with van der Waals surface area (Å²) in [5.41, 5.74) is 0. The van der Waals surface area contributed by atoms with Crippen LogP contribution in [0.3, 0.4) is 0 Å². The molecule has 1 aliphatic rings. The van der Waals surface area contributed by atoms with E-state index in [4.69, 9.17) is 4.52 Å². The van der Waals surface area contributed by atoms with Gasteiger partial charge in [0.2, 0.25) is 5.89 Å². The fraction of sp³-hybridized carbons (Fsp3) is 0.769. The second-order valence-corrected chi connectivity index (χ2v) is 7.52. The van der Waals surface area contributed by atoms with Crippen LogP contribution in [0.25, 0.3) is 0 Å². The Hall–Kier alpha value is -0.840. The fourth-order valence-corrected chi connectivity index (χ4v) is 2.67. The minimum Gasteiger partial charge on any atom is -0.339 e. The number of hydrogen-bond acceptors (Lipinski definition) is 5. The number of aromatic nitrogens is 2. The van der Waals surface area contributed by atoms with Crippen LogP contribution >= 0.6 is 11.8 Å². The predicted octanol–water partition coefficient (Wildman–Crippen LogP) is 3.33. The molecule has 1 aromatic heterocycles. The van der Waals surface area contributed by atoms with Gasteiger partial charge in [0.1, 0.15) is 5.78 Å². The Balaban J connectivity index is 1.99. The third-order valence-electron chi connectivity index (χ3n) is 2.97. The second-order valence-electron chi connectivity index (χ2n) is 5.71. The molecule has 1 aromatic rings. The molecule has 0 aliphatic heterocycles. The van der Waals surface area contributed by atoms with E-state index in [2.05, 4.69) is 30.9 Å². The molecule has 0 amide bonds. The highest BCUT2D eigenvalue weighted by atomic mass is 32.2. The molecule has 100 valence electrons. The predicted molar refractivity (Wildman–Crippen MR) is 71.6 cm³/mol. The molecule has 0 bridgehead atoms. The van der Waals surface area contributed by atoms with E-state index in [0.29, 0.717) is 18.1 Å². The Morgan fingerprint density at radius 2 is 2.17 bits per heavy atom. The number of rotatable bonds is 3. The lowest BCUT2D eigenvalue weighted by atomic mass is 9.88. The third-order valence-corrected chi connectivity index (χ3v) is 4.24. The van der Waals surface area contributed by atoms with E-state index in [1.54, 1.807) is 11.8 Å². The molecule has 1 fully saturated rings. The first-order valence-electron chi connectivity index (χ1n) is 6.45. The Labute approximate surface area is 112 Å². The average Bonchev–Trinajstić information content (AvgIpc) is 2.75. The third kappa shape index (κ3) is 3.57. The molecule has 0 saturated heterocycles. The van der Waals surface area contributed by atoms with Gasteiger partial charge < -0.3 is 4.52 Å². The molecule has 1 heterocycles. The summed E-state index contributed by atoms with van der Waals surface area (Å²) in [6.07, 6.45) is 3.58. The fourth-order valence-electron chi connectivity index (χ4n) is 1.99. The van der Waals surface area contributed by atoms with E-state index >= 15 is 0 Å². The van der Waals surface area contributed by atoms with Gasteiger partial charge in [-0.05, 0) is 12.8 Å². The molecular weight excluding hydrogens is 248 g/mol. The van der Waals surface area contributed by atoms with Crippen LogP contribution < -0.4 is 0 Å². The maximum absolute atomic E-state index is 11.8. The maximum atomic E-state index is 11.8. The molecule has 1 unspecified atom stereocenters. The summed E-state index contributed by atoms with van der Waals surface area (Å²) in [6, 6.07) is 0. The van der Waals surface area contributed by atoms with Crippen molar-refractivity contribution in [2.75, 3.05) is 0 Å². The van der Waals surface area contributed by atoms with Crippen LogP contribution in [0.2, 0.25) is 0 Å². The zero-order chi connectivity index (χ0) is 13.2. The van der Waals surface area contributed by atoms with Crippen molar-refractivity contribution in [1.82, 2.24) is 10.1 Å². The van der Waals surface area contributed by atoms with Gasteiger partial charge in [-0.1, -0.05) is 32.3 Å². The topological polar surface area (TPSA) is 56.0 Å². The van der Waals surface area contributed by atoms with Crippen LogP contribution in [-0.2, 0) is 10.5 Å². The minimum atomic E-state index is -0.153. The summed E-state index contributed by atoms with van der Waals surface area (Å²) in [5, 5.41) is 3.97. The van der Waals surface area contributed by atoms with Crippen LogP contribution in [0.1, 0.15) is 64.1 Å². The summed E-state index contributed by atoms with van der Waals surface area (Å²) in [4.78, 5) is 16.2. The molecule has 4 nitrogen and oxygen atoms in total. The molecule has 1 aliphatic carbocycles. The highest BCUT2D eigenvalue weighted by Gasteiger charge is 2.29. The van der Waals surface area contributed by atoms with Crippen LogP contribution in [-0.4, -0.2) is 20.7 Å². The van der Waals surface area contributed by atoms with Crippen molar-refractivity contribution < 1.29 is 9.32 Å². The Bertz CT molecular complexity index is 423. The van der Waals surface area contributed by atoms with E-state index in [-0.39, 0.29) is 16.4 Å². The van der Waals surface area contributed by atoms with Gasteiger partial charge in [-0.15, -0.1) is 11.8 Å².